The van der Waals surface area contributed by atoms with E-state index in [1.807, 2.05) is 0 Å². The molecule has 1 saturated heterocycles. The minimum atomic E-state index is -2.54. The van der Waals surface area contributed by atoms with E-state index in [1.54, 1.807) is 139 Å². The second-order valence-electron chi connectivity index (χ2n) is 23.8. The van der Waals surface area contributed by atoms with Crippen LogP contribution in [-0.2, 0) is 66.5 Å². The third kappa shape index (κ3) is 12.8. The number of Topliss-reactive ketones (excluding diaryl/α,β-unsaturated/α-hetero) is 1. The summed E-state index contributed by atoms with van der Waals surface area (Å²) in [6.45, 7) is 24.7. The van der Waals surface area contributed by atoms with Crippen molar-refractivity contribution in [3.8, 4) is 0 Å². The van der Waals surface area contributed by atoms with Gasteiger partial charge in [0.25, 0.3) is 0 Å². The molecule has 12 atom stereocenters. The number of esters is 3. The van der Waals surface area contributed by atoms with Crippen LogP contribution < -0.4 is 5.32 Å². The number of ether oxygens (including phenoxy) is 11. The van der Waals surface area contributed by atoms with Crippen molar-refractivity contribution >= 4 is 42.1 Å². The fourth-order valence-electron chi connectivity index (χ4n) is 11.1. The first-order chi connectivity index (χ1) is 35.6. The number of carbonyl (C=O) groups is 7. The van der Waals surface area contributed by atoms with Gasteiger partial charge in [0, 0.05) is 31.8 Å². The summed E-state index contributed by atoms with van der Waals surface area (Å²) in [5.41, 5.74) is -11.3. The molecular weight excluding hydrogens is 1000 g/mol. The molecule has 3 fully saturated rings. The summed E-state index contributed by atoms with van der Waals surface area (Å²) in [6.07, 6.45) is -15.5. The van der Waals surface area contributed by atoms with Crippen LogP contribution in [0.15, 0.2) is 71.8 Å². The molecule has 1 aliphatic heterocycles. The highest BCUT2D eigenvalue weighted by Crippen LogP contribution is 2.65. The first-order valence-electron chi connectivity index (χ1n) is 25.9. The summed E-state index contributed by atoms with van der Waals surface area (Å²) in [5.74, 6) is -5.60. The van der Waals surface area contributed by atoms with Crippen molar-refractivity contribution in [2.24, 2.45) is 16.7 Å². The van der Waals surface area contributed by atoms with Crippen LogP contribution in [0.2, 0.25) is 0 Å². The van der Waals surface area contributed by atoms with Crippen molar-refractivity contribution < 1.29 is 90.8 Å². The zero-order valence-corrected chi connectivity index (χ0v) is 47.1. The van der Waals surface area contributed by atoms with Crippen LogP contribution in [0.4, 0.5) is 14.4 Å². The van der Waals surface area contributed by atoms with Crippen LogP contribution in [0.1, 0.15) is 146 Å². The Morgan fingerprint density at radius 2 is 1.35 bits per heavy atom. The highest BCUT2D eigenvalue weighted by atomic mass is 16.7. The van der Waals surface area contributed by atoms with Crippen molar-refractivity contribution in [1.29, 1.82) is 0 Å². The van der Waals surface area contributed by atoms with Crippen molar-refractivity contribution in [3.63, 3.8) is 0 Å². The third-order valence-electron chi connectivity index (χ3n) is 14.5. The van der Waals surface area contributed by atoms with Gasteiger partial charge < -0.3 is 62.5 Å². The molecule has 20 nitrogen and oxygen atoms in total. The first-order valence-corrected chi connectivity index (χ1v) is 25.9. The second-order valence-corrected chi connectivity index (χ2v) is 23.8. The Morgan fingerprint density at radius 1 is 0.792 bits per heavy atom. The Hall–Kier alpha value is -6.09. The van der Waals surface area contributed by atoms with Crippen LogP contribution in [0.3, 0.4) is 0 Å². The number of hydrogen-bond acceptors (Lipinski definition) is 19. The van der Waals surface area contributed by atoms with Crippen molar-refractivity contribution in [3.05, 3.63) is 82.9 Å². The SMILES string of the molecule is CCOC(C)O[C@@H](C(=O)O[C@H]1C[C@@]2(O)[C@@H](OC(=O)c3ccccc3)[C@@H]3[C@]4(OC(C)=O)CO[C@@H]4C[C@H](OC(=O)OC(C)(C)C)[C@@]3(C)C(=O)[C@H](OC(=O)OC(C)(C)C)C(=C1C)C2(C)C)[C@@H](NC(=O)OC(C)(C)C)c1ccccc1. The summed E-state index contributed by atoms with van der Waals surface area (Å²) in [7, 11) is 0. The van der Waals surface area contributed by atoms with E-state index in [4.69, 9.17) is 52.1 Å². The molecule has 2 aromatic rings. The molecule has 77 heavy (non-hydrogen) atoms. The summed E-state index contributed by atoms with van der Waals surface area (Å²) in [6, 6.07) is 14.9. The van der Waals surface area contributed by atoms with E-state index in [0.29, 0.717) is 5.56 Å². The predicted octanol–water partition coefficient (Wildman–Crippen LogP) is 8.59. The minimum Gasteiger partial charge on any atom is -0.456 e. The van der Waals surface area contributed by atoms with E-state index < -0.39 is 149 Å². The van der Waals surface area contributed by atoms with E-state index >= 15 is 9.59 Å². The number of nitrogens with one attached hydrogen (secondary N) is 1. The molecule has 1 unspecified atom stereocenters. The second kappa shape index (κ2) is 22.3. The number of rotatable bonds is 14. The largest absolute Gasteiger partial charge is 0.509 e. The van der Waals surface area contributed by atoms with Gasteiger partial charge in [-0.1, -0.05) is 62.4 Å². The smallest absolute Gasteiger partial charge is 0.456 e. The molecule has 1 amide bonds. The topological polar surface area (TPSA) is 253 Å². The molecule has 6 rings (SSSR count). The Morgan fingerprint density at radius 3 is 1.87 bits per heavy atom. The van der Waals surface area contributed by atoms with Gasteiger partial charge in [0.15, 0.2) is 29.9 Å². The van der Waals surface area contributed by atoms with Crippen LogP contribution in [0, 0.1) is 16.7 Å². The number of fused-ring (bicyclic) bond motifs is 5. The van der Waals surface area contributed by atoms with E-state index in [-0.39, 0.29) is 29.7 Å². The zero-order valence-electron chi connectivity index (χ0n) is 47.1. The summed E-state index contributed by atoms with van der Waals surface area (Å²) in [4.78, 5) is 102. The zero-order chi connectivity index (χ0) is 57.4. The Labute approximate surface area is 450 Å². The maximum Gasteiger partial charge on any atom is 0.509 e. The Kier molecular flexibility index (Phi) is 17.4. The van der Waals surface area contributed by atoms with Gasteiger partial charge in [0.05, 0.1) is 29.5 Å². The molecule has 3 aliphatic carbocycles. The molecule has 0 radical (unpaired) electrons. The summed E-state index contributed by atoms with van der Waals surface area (Å²) in [5, 5.41) is 17.1. The fourth-order valence-corrected chi connectivity index (χ4v) is 11.1. The molecule has 2 N–H and O–H groups in total. The highest BCUT2D eigenvalue weighted by molar-refractivity contribution is 5.95. The molecule has 20 heteroatoms. The molecule has 2 aromatic carbocycles. The maximum absolute atomic E-state index is 16.5. The minimum absolute atomic E-state index is 0.0222. The lowest BCUT2D eigenvalue weighted by Gasteiger charge is -2.67. The maximum atomic E-state index is 16.5. The van der Waals surface area contributed by atoms with Gasteiger partial charge >= 0.3 is 36.3 Å². The van der Waals surface area contributed by atoms with Crippen molar-refractivity contribution in [1.82, 2.24) is 5.32 Å². The number of aliphatic hydroxyl groups is 1. The number of benzene rings is 2. The molecule has 424 valence electrons. The lowest BCUT2D eigenvalue weighted by molar-refractivity contribution is -0.346. The fraction of sp³-hybridized carbons (Fsp3) is 0.632. The Balaban J connectivity index is 1.66. The van der Waals surface area contributed by atoms with Gasteiger partial charge in [-0.05, 0) is 119 Å². The van der Waals surface area contributed by atoms with Gasteiger partial charge in [-0.15, -0.1) is 0 Å². The standard InChI is InChI=1S/C57H77NO19/c1-17-67-33(4)69-42(40(34-24-20-18-21-25-34)58-48(63)75-51(5,6)7)47(62)70-36-29-57(66)45(73-46(61)35-26-22-19-23-27-35)43-55(16,44(60)41(39(31(36)2)54(57,14)15)72-50(65)77-53(11,12)13)37(71-49(64)76-52(8,9)10)28-38-56(43,30-68-38)74-32(3)59/h18-27,33,36-38,40-43,45,66H,17,28-30H2,1-16H3,(H,58,63)/t33?,36-,37-,38+,40-,41+,42+,43-,45-,55+,56-,57+/m0/s1. The number of carbonyl (C=O) groups excluding carboxylic acids is 7. The molecule has 1 heterocycles. The summed E-state index contributed by atoms with van der Waals surface area (Å²) < 4.78 is 66.9. The lowest BCUT2D eigenvalue weighted by atomic mass is 9.44. The molecule has 0 aromatic heterocycles. The number of ketones is 1. The molecule has 4 aliphatic rings. The monoisotopic (exact) mass is 1080 g/mol. The van der Waals surface area contributed by atoms with E-state index in [2.05, 4.69) is 5.32 Å². The lowest BCUT2D eigenvalue weighted by Crippen LogP contribution is -2.82. The molecule has 2 saturated carbocycles. The molecular formula is C57H77NO19. The van der Waals surface area contributed by atoms with Gasteiger partial charge in [0.1, 0.15) is 46.8 Å². The Bertz CT molecular complexity index is 2560. The van der Waals surface area contributed by atoms with Crippen molar-refractivity contribution in [2.75, 3.05) is 13.2 Å². The van der Waals surface area contributed by atoms with Crippen LogP contribution in [0.25, 0.3) is 0 Å². The van der Waals surface area contributed by atoms with Crippen LogP contribution >= 0.6 is 0 Å². The van der Waals surface area contributed by atoms with Gasteiger partial charge in [0.2, 0.25) is 0 Å². The molecule has 0 spiro atoms. The van der Waals surface area contributed by atoms with Gasteiger partial charge in [-0.25, -0.2) is 24.0 Å². The number of amides is 1. The normalized spacial score (nSPS) is 28.9. The number of hydrogen-bond donors (Lipinski definition) is 2. The average molecular weight is 1080 g/mol. The van der Waals surface area contributed by atoms with Crippen LogP contribution in [-0.4, -0.2) is 131 Å². The third-order valence-corrected chi connectivity index (χ3v) is 14.5. The highest BCUT2D eigenvalue weighted by Gasteiger charge is 2.79. The predicted molar refractivity (Wildman–Crippen MR) is 274 cm³/mol. The van der Waals surface area contributed by atoms with Gasteiger partial charge in [-0.2, -0.15) is 0 Å². The van der Waals surface area contributed by atoms with E-state index in [9.17, 15) is 29.1 Å². The molecule has 2 bridgehead atoms. The summed E-state index contributed by atoms with van der Waals surface area (Å²) >= 11 is 0. The first kappa shape index (κ1) is 60.1. The van der Waals surface area contributed by atoms with E-state index in [1.165, 1.54) is 26.0 Å². The number of alkyl carbamates (subject to hydrolysis) is 1. The van der Waals surface area contributed by atoms with Gasteiger partial charge in [-0.3, -0.25) is 9.59 Å². The van der Waals surface area contributed by atoms with E-state index in [0.717, 1.165) is 6.92 Å². The quantitative estimate of drug-likeness (QED) is 0.0777. The van der Waals surface area contributed by atoms with Crippen molar-refractivity contribution in [2.45, 2.75) is 201 Å². The van der Waals surface area contributed by atoms with Crippen LogP contribution in [0.5, 0.6) is 0 Å². The average Bonchev–Trinajstić information content (AvgIpc) is 3.29.